The summed E-state index contributed by atoms with van der Waals surface area (Å²) in [7, 11) is 0. The molecule has 1 aromatic heterocycles. The third-order valence-corrected chi connectivity index (χ3v) is 2.59. The number of hydrogen-bond donors (Lipinski definition) is 1. The molecule has 1 amide bonds. The van der Waals surface area contributed by atoms with Crippen LogP contribution < -0.4 is 5.73 Å². The van der Waals surface area contributed by atoms with Gasteiger partial charge in [0.15, 0.2) is 0 Å². The lowest BCUT2D eigenvalue weighted by molar-refractivity contribution is -0.117. The summed E-state index contributed by atoms with van der Waals surface area (Å²) in [6.45, 7) is 4.17. The van der Waals surface area contributed by atoms with Crippen molar-refractivity contribution in [1.29, 1.82) is 0 Å². The smallest absolute Gasteiger partial charge is 0.223 e. The molecule has 1 saturated carbocycles. The van der Waals surface area contributed by atoms with Gasteiger partial charge in [-0.2, -0.15) is 0 Å². The molecule has 15 heavy (non-hydrogen) atoms. The molecule has 0 radical (unpaired) electrons. The molecule has 5 heteroatoms. The molecule has 5 nitrogen and oxygen atoms in total. The van der Waals surface area contributed by atoms with Crippen LogP contribution in [0.5, 0.6) is 0 Å². The van der Waals surface area contributed by atoms with Gasteiger partial charge in [0, 0.05) is 0 Å². The van der Waals surface area contributed by atoms with E-state index in [1.54, 1.807) is 0 Å². The summed E-state index contributed by atoms with van der Waals surface area (Å²) in [4.78, 5) is 10.9. The first-order chi connectivity index (χ1) is 7.09. The summed E-state index contributed by atoms with van der Waals surface area (Å²) in [6, 6.07) is 0.497. The number of amides is 1. The normalized spacial score (nSPS) is 15.9. The second kappa shape index (κ2) is 3.64. The highest BCUT2D eigenvalue weighted by atomic mass is 16.1. The summed E-state index contributed by atoms with van der Waals surface area (Å²) in [5, 5.41) is 8.16. The van der Waals surface area contributed by atoms with Crippen LogP contribution in [-0.2, 0) is 11.2 Å². The Kier molecular flexibility index (Phi) is 2.46. The number of aromatic nitrogens is 3. The number of hydrogen-bond acceptors (Lipinski definition) is 3. The number of nitrogens with two attached hydrogens (primary N) is 1. The molecule has 1 fully saturated rings. The van der Waals surface area contributed by atoms with Crippen LogP contribution in [0.15, 0.2) is 0 Å². The largest absolute Gasteiger partial charge is 0.369 e. The predicted molar refractivity (Wildman–Crippen MR) is 55.3 cm³/mol. The van der Waals surface area contributed by atoms with Gasteiger partial charge in [0.25, 0.3) is 0 Å². The summed E-state index contributed by atoms with van der Waals surface area (Å²) < 4.78 is 1.96. The number of carbonyl (C=O) groups excluding carboxylic acids is 1. The van der Waals surface area contributed by atoms with Crippen molar-refractivity contribution >= 4 is 5.91 Å². The van der Waals surface area contributed by atoms with Gasteiger partial charge in [-0.25, -0.2) is 4.68 Å². The van der Waals surface area contributed by atoms with Crippen molar-refractivity contribution in [2.45, 2.75) is 45.1 Å². The fraction of sp³-hybridized carbons (Fsp3) is 0.700. The van der Waals surface area contributed by atoms with Crippen LogP contribution in [0, 0.1) is 0 Å². The van der Waals surface area contributed by atoms with Gasteiger partial charge in [0.2, 0.25) is 5.91 Å². The zero-order chi connectivity index (χ0) is 11.0. The molecule has 1 aliphatic rings. The Labute approximate surface area is 88.6 Å². The molecule has 82 valence electrons. The van der Waals surface area contributed by atoms with E-state index >= 15 is 0 Å². The van der Waals surface area contributed by atoms with Crippen LogP contribution in [0.1, 0.15) is 50.0 Å². The van der Waals surface area contributed by atoms with E-state index in [0.29, 0.717) is 12.0 Å². The third-order valence-electron chi connectivity index (χ3n) is 2.59. The minimum Gasteiger partial charge on any atom is -0.369 e. The van der Waals surface area contributed by atoms with E-state index in [1.165, 1.54) is 12.8 Å². The molecule has 1 heterocycles. The van der Waals surface area contributed by atoms with Gasteiger partial charge >= 0.3 is 0 Å². The maximum Gasteiger partial charge on any atom is 0.223 e. The average Bonchev–Trinajstić information content (AvgIpc) is 2.87. The maximum absolute atomic E-state index is 10.9. The topological polar surface area (TPSA) is 73.8 Å². The number of primary amides is 1. The first kappa shape index (κ1) is 10.1. The van der Waals surface area contributed by atoms with E-state index in [4.69, 9.17) is 5.73 Å². The second-order valence-corrected chi connectivity index (χ2v) is 4.39. The molecule has 2 rings (SSSR count). The third kappa shape index (κ3) is 2.00. The van der Waals surface area contributed by atoms with Crippen LogP contribution in [-0.4, -0.2) is 20.9 Å². The molecule has 0 bridgehead atoms. The van der Waals surface area contributed by atoms with Crippen molar-refractivity contribution in [2.24, 2.45) is 5.73 Å². The van der Waals surface area contributed by atoms with Gasteiger partial charge in [-0.15, -0.1) is 5.10 Å². The van der Waals surface area contributed by atoms with E-state index in [1.807, 2.05) is 4.68 Å². The maximum atomic E-state index is 10.9. The highest BCUT2D eigenvalue weighted by molar-refractivity contribution is 5.76. The molecular formula is C10H16N4O. The highest BCUT2D eigenvalue weighted by Gasteiger charge is 2.29. The Bertz CT molecular complexity index is 379. The Hall–Kier alpha value is -1.39. The average molecular weight is 208 g/mol. The summed E-state index contributed by atoms with van der Waals surface area (Å²) in [5.41, 5.74) is 6.98. The highest BCUT2D eigenvalue weighted by Crippen LogP contribution is 2.37. The Morgan fingerprint density at radius 2 is 2.27 bits per heavy atom. The van der Waals surface area contributed by atoms with E-state index in [2.05, 4.69) is 24.2 Å². The number of rotatable bonds is 4. The lowest BCUT2D eigenvalue weighted by Gasteiger charge is -2.09. The minimum absolute atomic E-state index is 0.195. The van der Waals surface area contributed by atoms with Crippen LogP contribution in [0.25, 0.3) is 0 Å². The van der Waals surface area contributed by atoms with Gasteiger partial charge in [0.05, 0.1) is 23.9 Å². The van der Waals surface area contributed by atoms with Crippen molar-refractivity contribution < 1.29 is 4.79 Å². The lowest BCUT2D eigenvalue weighted by atomic mass is 10.1. The Morgan fingerprint density at radius 3 is 2.73 bits per heavy atom. The quantitative estimate of drug-likeness (QED) is 0.794. The lowest BCUT2D eigenvalue weighted by Crippen LogP contribution is -2.16. The Balaban J connectivity index is 2.32. The van der Waals surface area contributed by atoms with Crippen molar-refractivity contribution in [3.8, 4) is 0 Å². The zero-order valence-corrected chi connectivity index (χ0v) is 9.10. The van der Waals surface area contributed by atoms with Gasteiger partial charge < -0.3 is 5.73 Å². The van der Waals surface area contributed by atoms with Crippen molar-refractivity contribution in [2.75, 3.05) is 0 Å². The van der Waals surface area contributed by atoms with Crippen molar-refractivity contribution in [3.05, 3.63) is 11.4 Å². The molecule has 0 spiro atoms. The van der Waals surface area contributed by atoms with Crippen LogP contribution in [0.3, 0.4) is 0 Å². The number of carbonyl (C=O) groups is 1. The van der Waals surface area contributed by atoms with Gasteiger partial charge in [0.1, 0.15) is 0 Å². The molecular weight excluding hydrogens is 192 g/mol. The fourth-order valence-corrected chi connectivity index (χ4v) is 1.81. The minimum atomic E-state index is -0.347. The van der Waals surface area contributed by atoms with E-state index < -0.39 is 0 Å². The molecule has 0 saturated heterocycles. The summed E-state index contributed by atoms with van der Waals surface area (Å²) in [6.07, 6.45) is 2.53. The zero-order valence-electron chi connectivity index (χ0n) is 9.10. The van der Waals surface area contributed by atoms with E-state index in [0.717, 1.165) is 11.4 Å². The Morgan fingerprint density at radius 1 is 1.60 bits per heavy atom. The van der Waals surface area contributed by atoms with E-state index in [9.17, 15) is 4.79 Å². The number of nitrogens with zero attached hydrogens (tertiary/aromatic N) is 3. The van der Waals surface area contributed by atoms with Crippen LogP contribution in [0.4, 0.5) is 0 Å². The molecule has 0 aliphatic heterocycles. The van der Waals surface area contributed by atoms with Crippen LogP contribution >= 0.6 is 0 Å². The standard InChI is InChI=1S/C10H16N4O/c1-6(2)10-8(5-9(11)15)12-13-14(10)7-3-4-7/h6-7H,3-5H2,1-2H3,(H2,11,15). The first-order valence-electron chi connectivity index (χ1n) is 5.32. The van der Waals surface area contributed by atoms with Crippen molar-refractivity contribution in [3.63, 3.8) is 0 Å². The summed E-state index contributed by atoms with van der Waals surface area (Å²) >= 11 is 0. The van der Waals surface area contributed by atoms with Crippen LogP contribution in [0.2, 0.25) is 0 Å². The van der Waals surface area contributed by atoms with Gasteiger partial charge in [-0.3, -0.25) is 4.79 Å². The van der Waals surface area contributed by atoms with Gasteiger partial charge in [-0.05, 0) is 18.8 Å². The van der Waals surface area contributed by atoms with E-state index in [-0.39, 0.29) is 12.3 Å². The molecule has 1 aliphatic carbocycles. The first-order valence-corrected chi connectivity index (χ1v) is 5.32. The van der Waals surface area contributed by atoms with Crippen molar-refractivity contribution in [1.82, 2.24) is 15.0 Å². The molecule has 1 aromatic rings. The summed E-state index contributed by atoms with van der Waals surface area (Å²) in [5.74, 6) is -0.0188. The monoisotopic (exact) mass is 208 g/mol. The molecule has 0 atom stereocenters. The second-order valence-electron chi connectivity index (χ2n) is 4.39. The molecule has 2 N–H and O–H groups in total. The molecule has 0 unspecified atom stereocenters. The fourth-order valence-electron chi connectivity index (χ4n) is 1.81. The predicted octanol–water partition coefficient (Wildman–Crippen LogP) is 0.764. The SMILES string of the molecule is CC(C)c1c(CC(N)=O)nnn1C1CC1. The van der Waals surface area contributed by atoms with Gasteiger partial charge in [-0.1, -0.05) is 19.1 Å². The molecule has 0 aromatic carbocycles.